The molecule has 2 aromatic rings. The largest absolute Gasteiger partial charge is 0.384 e. The number of methoxy groups -OCH3 is 1. The van der Waals surface area contributed by atoms with Gasteiger partial charge >= 0.3 is 0 Å². The Bertz CT molecular complexity index is 682. The number of benzene rings is 1. The highest BCUT2D eigenvalue weighted by atomic mass is 16.5. The van der Waals surface area contributed by atoms with Gasteiger partial charge in [0.1, 0.15) is 0 Å². The molecular formula is C20H25N3O2. The van der Waals surface area contributed by atoms with Crippen molar-refractivity contribution in [2.75, 3.05) is 20.8 Å². The van der Waals surface area contributed by atoms with E-state index < -0.39 is 0 Å². The lowest BCUT2D eigenvalue weighted by atomic mass is 10.0. The van der Waals surface area contributed by atoms with Crippen molar-refractivity contribution < 1.29 is 9.53 Å². The van der Waals surface area contributed by atoms with Crippen molar-refractivity contribution in [3.63, 3.8) is 0 Å². The molecule has 0 fully saturated rings. The minimum atomic E-state index is 0.618. The summed E-state index contributed by atoms with van der Waals surface area (Å²) in [7, 11) is 3.50. The van der Waals surface area contributed by atoms with Gasteiger partial charge in [0.15, 0.2) is 6.29 Å². The molecule has 1 aromatic heterocycles. The lowest BCUT2D eigenvalue weighted by molar-refractivity contribution is 0.112. The van der Waals surface area contributed by atoms with Gasteiger partial charge < -0.3 is 10.2 Å². The normalized spacial score (nSPS) is 10.9. The van der Waals surface area contributed by atoms with Gasteiger partial charge in [-0.1, -0.05) is 30.3 Å². The number of carbonyl (C=O) groups excluding carboxylic acids is 1. The molecule has 0 atom stereocenters. The summed E-state index contributed by atoms with van der Waals surface area (Å²) in [6.45, 7) is 2.83. The summed E-state index contributed by atoms with van der Waals surface area (Å²) in [6, 6.07) is 11.7. The van der Waals surface area contributed by atoms with Gasteiger partial charge in [0.05, 0.1) is 6.21 Å². The van der Waals surface area contributed by atoms with Crippen molar-refractivity contribution in [1.82, 2.24) is 10.4 Å². The number of aryl methyl sites for hydroxylation is 1. The standard InChI is InChI=1S/C14H20N2O.C6H5NO/c1-12-7-4-5-9-14(12)13(11-16-15-2)8-6-10-17-3;8-5-6-2-1-3-7-4-6/h4-5,7-9,11,15H,6,10H2,1-3H3;1-5H/b13-8-,16-11+;. The molecule has 0 radical (unpaired) electrons. The van der Waals surface area contributed by atoms with Crippen LogP contribution in [-0.2, 0) is 4.74 Å². The summed E-state index contributed by atoms with van der Waals surface area (Å²) in [4.78, 5) is 13.7. The van der Waals surface area contributed by atoms with Crippen LogP contribution >= 0.6 is 0 Å². The molecule has 1 N–H and O–H groups in total. The van der Waals surface area contributed by atoms with E-state index in [9.17, 15) is 4.79 Å². The van der Waals surface area contributed by atoms with Crippen LogP contribution in [0.1, 0.15) is 27.9 Å². The van der Waals surface area contributed by atoms with Crippen LogP contribution in [0.3, 0.4) is 0 Å². The number of pyridine rings is 1. The first-order chi connectivity index (χ1) is 12.2. The Kier molecular flexibility index (Phi) is 10.2. The predicted octanol–water partition coefficient (Wildman–Crippen LogP) is 3.51. The first kappa shape index (κ1) is 20.3. The van der Waals surface area contributed by atoms with E-state index in [0.717, 1.165) is 24.9 Å². The molecule has 0 bridgehead atoms. The molecule has 0 saturated carbocycles. The van der Waals surface area contributed by atoms with E-state index in [1.165, 1.54) is 17.3 Å². The summed E-state index contributed by atoms with van der Waals surface area (Å²) in [6.07, 6.45) is 8.80. The number of aldehydes is 1. The number of hydrogen-bond donors (Lipinski definition) is 1. The molecule has 0 saturated heterocycles. The first-order valence-corrected chi connectivity index (χ1v) is 8.03. The highest BCUT2D eigenvalue weighted by Crippen LogP contribution is 2.17. The summed E-state index contributed by atoms with van der Waals surface area (Å²) in [5, 5.41) is 4.08. The quantitative estimate of drug-likeness (QED) is 0.363. The van der Waals surface area contributed by atoms with E-state index >= 15 is 0 Å². The maximum Gasteiger partial charge on any atom is 0.151 e. The number of ether oxygens (including phenoxy) is 1. The maximum atomic E-state index is 9.97. The SMILES string of the molecule is CN/N=C/C(=C/CCOC)c1ccccc1C.O=Cc1cccnc1. The molecule has 0 aliphatic rings. The van der Waals surface area contributed by atoms with Gasteiger partial charge in [-0.3, -0.25) is 9.78 Å². The molecule has 5 nitrogen and oxygen atoms in total. The van der Waals surface area contributed by atoms with Gasteiger partial charge in [-0.25, -0.2) is 0 Å². The second-order valence-electron chi connectivity index (χ2n) is 5.14. The molecule has 0 unspecified atom stereocenters. The van der Waals surface area contributed by atoms with Gasteiger partial charge in [0, 0.05) is 38.7 Å². The average Bonchev–Trinajstić information content (AvgIpc) is 2.66. The number of nitrogens with one attached hydrogen (secondary N) is 1. The molecule has 1 heterocycles. The van der Waals surface area contributed by atoms with Gasteiger partial charge in [0.25, 0.3) is 0 Å². The van der Waals surface area contributed by atoms with Crippen LogP contribution in [0.2, 0.25) is 0 Å². The Hall–Kier alpha value is -2.79. The van der Waals surface area contributed by atoms with Crippen molar-refractivity contribution in [1.29, 1.82) is 0 Å². The molecule has 1 aromatic carbocycles. The zero-order valence-electron chi connectivity index (χ0n) is 15.0. The van der Waals surface area contributed by atoms with Crippen LogP contribution in [0.25, 0.3) is 5.57 Å². The molecule has 2 rings (SSSR count). The third kappa shape index (κ3) is 8.04. The summed E-state index contributed by atoms with van der Waals surface area (Å²) in [5.41, 5.74) is 6.97. The summed E-state index contributed by atoms with van der Waals surface area (Å²) in [5.74, 6) is 0. The molecule has 5 heteroatoms. The molecular weight excluding hydrogens is 314 g/mol. The predicted molar refractivity (Wildman–Crippen MR) is 103 cm³/mol. The zero-order chi connectivity index (χ0) is 18.3. The Morgan fingerprint density at radius 1 is 1.28 bits per heavy atom. The number of nitrogens with zero attached hydrogens (tertiary/aromatic N) is 2. The smallest absolute Gasteiger partial charge is 0.151 e. The third-order valence-electron chi connectivity index (χ3n) is 3.30. The highest BCUT2D eigenvalue weighted by molar-refractivity contribution is 6.10. The third-order valence-corrected chi connectivity index (χ3v) is 3.30. The Morgan fingerprint density at radius 2 is 2.08 bits per heavy atom. The fourth-order valence-electron chi connectivity index (χ4n) is 2.04. The lowest BCUT2D eigenvalue weighted by Gasteiger charge is -2.06. The number of carbonyl (C=O) groups is 1. The van der Waals surface area contributed by atoms with E-state index in [4.69, 9.17) is 4.74 Å². The Morgan fingerprint density at radius 3 is 2.64 bits per heavy atom. The summed E-state index contributed by atoms with van der Waals surface area (Å²) < 4.78 is 5.06. The van der Waals surface area contributed by atoms with Gasteiger partial charge in [-0.05, 0) is 42.2 Å². The molecule has 0 aliphatic heterocycles. The fraction of sp³-hybridized carbons (Fsp3) is 0.250. The molecule has 0 aliphatic carbocycles. The van der Waals surface area contributed by atoms with Crippen LogP contribution in [0.4, 0.5) is 0 Å². The van der Waals surface area contributed by atoms with Crippen LogP contribution in [0.15, 0.2) is 60.0 Å². The van der Waals surface area contributed by atoms with Crippen molar-refractivity contribution in [3.05, 3.63) is 71.6 Å². The second kappa shape index (κ2) is 12.6. The van der Waals surface area contributed by atoms with Crippen LogP contribution in [0.5, 0.6) is 0 Å². The number of allylic oxidation sites excluding steroid dienone is 1. The van der Waals surface area contributed by atoms with Crippen LogP contribution < -0.4 is 5.43 Å². The van der Waals surface area contributed by atoms with E-state index in [-0.39, 0.29) is 0 Å². The maximum absolute atomic E-state index is 9.97. The van der Waals surface area contributed by atoms with E-state index in [0.29, 0.717) is 5.56 Å². The van der Waals surface area contributed by atoms with Crippen LogP contribution in [0, 0.1) is 6.92 Å². The van der Waals surface area contributed by atoms with Crippen LogP contribution in [-0.4, -0.2) is 38.2 Å². The minimum Gasteiger partial charge on any atom is -0.384 e. The van der Waals surface area contributed by atoms with Crippen molar-refractivity contribution in [2.24, 2.45) is 5.10 Å². The van der Waals surface area contributed by atoms with Crippen molar-refractivity contribution in [3.8, 4) is 0 Å². The highest BCUT2D eigenvalue weighted by Gasteiger charge is 2.01. The topological polar surface area (TPSA) is 63.6 Å². The fourth-order valence-corrected chi connectivity index (χ4v) is 2.04. The Balaban J connectivity index is 0.000000324. The van der Waals surface area contributed by atoms with Gasteiger partial charge in [-0.2, -0.15) is 5.10 Å². The van der Waals surface area contributed by atoms with Gasteiger partial charge in [-0.15, -0.1) is 0 Å². The van der Waals surface area contributed by atoms with Crippen molar-refractivity contribution >= 4 is 18.1 Å². The number of hydrogen-bond acceptors (Lipinski definition) is 5. The number of aromatic nitrogens is 1. The molecule has 0 spiro atoms. The van der Waals surface area contributed by atoms with Gasteiger partial charge in [0.2, 0.25) is 0 Å². The van der Waals surface area contributed by atoms with Crippen molar-refractivity contribution in [2.45, 2.75) is 13.3 Å². The zero-order valence-corrected chi connectivity index (χ0v) is 15.0. The number of rotatable bonds is 7. The monoisotopic (exact) mass is 339 g/mol. The summed E-state index contributed by atoms with van der Waals surface area (Å²) >= 11 is 0. The molecule has 25 heavy (non-hydrogen) atoms. The van der Waals surface area contributed by atoms with E-state index in [2.05, 4.69) is 40.6 Å². The lowest BCUT2D eigenvalue weighted by Crippen LogP contribution is -1.98. The second-order valence-corrected chi connectivity index (χ2v) is 5.14. The molecule has 0 amide bonds. The number of hydrazone groups is 1. The minimum absolute atomic E-state index is 0.618. The van der Waals surface area contributed by atoms with E-state index in [1.54, 1.807) is 32.5 Å². The van der Waals surface area contributed by atoms with E-state index in [1.807, 2.05) is 18.3 Å². The molecule has 132 valence electrons. The Labute approximate surface area is 149 Å². The average molecular weight is 339 g/mol. The first-order valence-electron chi connectivity index (χ1n) is 8.03.